The van der Waals surface area contributed by atoms with Gasteiger partial charge in [-0.15, -0.1) is 0 Å². The van der Waals surface area contributed by atoms with Crippen LogP contribution in [0.4, 0.5) is 4.79 Å². The first kappa shape index (κ1) is 24.0. The summed E-state index contributed by atoms with van der Waals surface area (Å²) in [7, 11) is 1.52. The van der Waals surface area contributed by atoms with Crippen molar-refractivity contribution in [3.63, 3.8) is 0 Å². The van der Waals surface area contributed by atoms with Crippen molar-refractivity contribution in [1.29, 1.82) is 0 Å². The fraction of sp³-hybridized carbons (Fsp3) is 0.308. The number of nitrogens with zero attached hydrogens (tertiary/aromatic N) is 2. The molecule has 0 radical (unpaired) electrons. The fourth-order valence-electron chi connectivity index (χ4n) is 4.50. The molecule has 9 nitrogen and oxygen atoms in total. The number of aromatic carboxylic acids is 1. The molecule has 4 rings (SSSR count). The number of amides is 2. The third-order valence-corrected chi connectivity index (χ3v) is 6.08. The molecule has 0 saturated carbocycles. The number of carboxylic acid groups (broad SMARTS) is 1. The van der Waals surface area contributed by atoms with E-state index in [1.807, 2.05) is 36.4 Å². The highest BCUT2D eigenvalue weighted by Crippen LogP contribution is 2.44. The average Bonchev–Trinajstić information content (AvgIpc) is 3.33. The molecule has 0 aliphatic heterocycles. The number of carbonyl (C=O) groups excluding carboxylic acids is 2. The molecule has 1 heterocycles. The van der Waals surface area contributed by atoms with Crippen LogP contribution >= 0.6 is 0 Å². The molecule has 35 heavy (non-hydrogen) atoms. The minimum Gasteiger partial charge on any atom is -0.477 e. The molecule has 2 amide bonds. The summed E-state index contributed by atoms with van der Waals surface area (Å²) in [5.74, 6) is -1.51. The molecule has 0 spiro atoms. The van der Waals surface area contributed by atoms with Gasteiger partial charge in [0.25, 0.3) is 0 Å². The van der Waals surface area contributed by atoms with Gasteiger partial charge in [-0.3, -0.25) is 9.48 Å². The Morgan fingerprint density at radius 2 is 1.66 bits per heavy atom. The number of aromatic nitrogens is 2. The predicted octanol–water partition coefficient (Wildman–Crippen LogP) is 3.44. The molecule has 1 aliphatic rings. The van der Waals surface area contributed by atoms with Crippen LogP contribution in [0, 0.1) is 0 Å². The number of hydrogen-bond donors (Lipinski definition) is 3. The molecule has 3 N–H and O–H groups in total. The van der Waals surface area contributed by atoms with E-state index < -0.39 is 17.6 Å². The van der Waals surface area contributed by atoms with Crippen molar-refractivity contribution in [3.05, 3.63) is 77.1 Å². The van der Waals surface area contributed by atoms with Crippen molar-refractivity contribution >= 4 is 18.0 Å². The second kappa shape index (κ2) is 9.61. The fourth-order valence-corrected chi connectivity index (χ4v) is 4.50. The summed E-state index contributed by atoms with van der Waals surface area (Å²) < 4.78 is 6.82. The van der Waals surface area contributed by atoms with Crippen molar-refractivity contribution in [2.45, 2.75) is 38.3 Å². The van der Waals surface area contributed by atoms with Crippen LogP contribution in [-0.2, 0) is 23.1 Å². The van der Waals surface area contributed by atoms with Crippen LogP contribution in [-0.4, -0.2) is 45.0 Å². The lowest BCUT2D eigenvalue weighted by molar-refractivity contribution is -0.122. The third kappa shape index (κ3) is 5.18. The third-order valence-electron chi connectivity index (χ3n) is 6.08. The van der Waals surface area contributed by atoms with E-state index >= 15 is 0 Å². The van der Waals surface area contributed by atoms with E-state index in [1.165, 1.54) is 17.9 Å². The second-order valence-electron chi connectivity index (χ2n) is 9.24. The molecule has 0 unspecified atom stereocenters. The molecule has 9 heteroatoms. The Bertz CT molecular complexity index is 1230. The average molecular weight is 477 g/mol. The molecule has 2 aromatic carbocycles. The minimum atomic E-state index is -1.12. The van der Waals surface area contributed by atoms with Gasteiger partial charge in [-0.2, -0.15) is 5.10 Å². The molecular formula is C26H28N4O5. The SMILES string of the molecule is Cn1ncc(CNC(=O)CC(C)(C)NC(=O)OCC2c3ccccc3-c3ccccc32)c1C(=O)O. The van der Waals surface area contributed by atoms with E-state index in [2.05, 4.69) is 27.9 Å². The van der Waals surface area contributed by atoms with Gasteiger partial charge in [-0.1, -0.05) is 48.5 Å². The number of nitrogens with one attached hydrogen (secondary N) is 2. The van der Waals surface area contributed by atoms with Crippen LogP contribution < -0.4 is 10.6 Å². The normalized spacial score (nSPS) is 12.5. The molecule has 0 fully saturated rings. The summed E-state index contributed by atoms with van der Waals surface area (Å²) in [6.07, 6.45) is 0.786. The van der Waals surface area contributed by atoms with Crippen LogP contribution in [0.1, 0.15) is 53.4 Å². The summed E-state index contributed by atoms with van der Waals surface area (Å²) in [5.41, 5.74) is 4.07. The van der Waals surface area contributed by atoms with E-state index in [0.29, 0.717) is 5.56 Å². The van der Waals surface area contributed by atoms with Crippen LogP contribution in [0.5, 0.6) is 0 Å². The molecular weight excluding hydrogens is 448 g/mol. The van der Waals surface area contributed by atoms with Crippen LogP contribution in [0.15, 0.2) is 54.7 Å². The van der Waals surface area contributed by atoms with Crippen molar-refractivity contribution in [2.75, 3.05) is 6.61 Å². The summed E-state index contributed by atoms with van der Waals surface area (Å²) in [6.45, 7) is 3.65. The lowest BCUT2D eigenvalue weighted by Gasteiger charge is -2.25. The zero-order valence-corrected chi connectivity index (χ0v) is 19.9. The van der Waals surface area contributed by atoms with E-state index in [1.54, 1.807) is 13.8 Å². The number of rotatable bonds is 8. The number of carbonyl (C=O) groups is 3. The number of aryl methyl sites for hydroxylation is 1. The molecule has 0 atom stereocenters. The lowest BCUT2D eigenvalue weighted by Crippen LogP contribution is -2.47. The highest BCUT2D eigenvalue weighted by atomic mass is 16.5. The van der Waals surface area contributed by atoms with Gasteiger partial charge in [-0.05, 0) is 36.1 Å². The predicted molar refractivity (Wildman–Crippen MR) is 129 cm³/mol. The van der Waals surface area contributed by atoms with Gasteiger partial charge in [0.1, 0.15) is 6.61 Å². The van der Waals surface area contributed by atoms with E-state index in [9.17, 15) is 19.5 Å². The Kier molecular flexibility index (Phi) is 6.59. The van der Waals surface area contributed by atoms with Crippen LogP contribution in [0.2, 0.25) is 0 Å². The van der Waals surface area contributed by atoms with Crippen molar-refractivity contribution in [1.82, 2.24) is 20.4 Å². The smallest absolute Gasteiger partial charge is 0.407 e. The number of alkyl carbamates (subject to hydrolysis) is 1. The standard InChI is InChI=1S/C26H28N4O5/c1-26(2,12-22(31)27-13-16-14-28-30(3)23(16)24(32)33)29-25(34)35-15-21-19-10-6-4-8-17(19)18-9-5-7-11-20(18)21/h4-11,14,21H,12-13,15H2,1-3H3,(H,27,31)(H,29,34)(H,32,33). The van der Waals surface area contributed by atoms with Gasteiger partial charge in [0.05, 0.1) is 6.20 Å². The van der Waals surface area contributed by atoms with Gasteiger partial charge in [0.15, 0.2) is 5.69 Å². The zero-order chi connectivity index (χ0) is 25.2. The number of hydrogen-bond acceptors (Lipinski definition) is 5. The zero-order valence-electron chi connectivity index (χ0n) is 19.9. The number of ether oxygens (including phenoxy) is 1. The van der Waals surface area contributed by atoms with Gasteiger partial charge in [-0.25, -0.2) is 9.59 Å². The van der Waals surface area contributed by atoms with Gasteiger partial charge >= 0.3 is 12.1 Å². The maximum absolute atomic E-state index is 12.6. The van der Waals surface area contributed by atoms with E-state index in [0.717, 1.165) is 22.3 Å². The number of benzene rings is 2. The van der Waals surface area contributed by atoms with Crippen molar-refractivity contribution in [3.8, 4) is 11.1 Å². The van der Waals surface area contributed by atoms with Crippen molar-refractivity contribution < 1.29 is 24.2 Å². The number of carboxylic acids is 1. The van der Waals surface area contributed by atoms with E-state index in [4.69, 9.17) is 4.74 Å². The first-order valence-corrected chi connectivity index (χ1v) is 11.3. The van der Waals surface area contributed by atoms with Crippen molar-refractivity contribution in [2.24, 2.45) is 7.05 Å². The Balaban J connectivity index is 1.31. The molecule has 1 aromatic heterocycles. The summed E-state index contributed by atoms with van der Waals surface area (Å²) in [6, 6.07) is 16.2. The summed E-state index contributed by atoms with van der Waals surface area (Å²) in [5, 5.41) is 18.7. The lowest BCUT2D eigenvalue weighted by atomic mass is 9.98. The summed E-state index contributed by atoms with van der Waals surface area (Å²) >= 11 is 0. The maximum atomic E-state index is 12.6. The first-order chi connectivity index (χ1) is 16.7. The maximum Gasteiger partial charge on any atom is 0.407 e. The Morgan fingerprint density at radius 3 is 2.26 bits per heavy atom. The first-order valence-electron chi connectivity index (χ1n) is 11.3. The largest absolute Gasteiger partial charge is 0.477 e. The molecule has 3 aromatic rings. The summed E-state index contributed by atoms with van der Waals surface area (Å²) in [4.78, 5) is 36.4. The highest BCUT2D eigenvalue weighted by Gasteiger charge is 2.30. The minimum absolute atomic E-state index is 0.0140. The quantitative estimate of drug-likeness (QED) is 0.458. The van der Waals surface area contributed by atoms with Crippen LogP contribution in [0.25, 0.3) is 11.1 Å². The van der Waals surface area contributed by atoms with Crippen LogP contribution in [0.3, 0.4) is 0 Å². The molecule has 1 aliphatic carbocycles. The van der Waals surface area contributed by atoms with Gasteiger partial charge in [0.2, 0.25) is 5.91 Å². The topological polar surface area (TPSA) is 123 Å². The number of fused-ring (bicyclic) bond motifs is 3. The highest BCUT2D eigenvalue weighted by molar-refractivity contribution is 5.87. The van der Waals surface area contributed by atoms with Gasteiger partial charge in [0, 0.05) is 37.0 Å². The molecule has 0 bridgehead atoms. The molecule has 182 valence electrons. The Labute approximate surface area is 203 Å². The molecule has 0 saturated heterocycles. The Hall–Kier alpha value is -4.14. The monoisotopic (exact) mass is 476 g/mol. The second-order valence-corrected chi connectivity index (χ2v) is 9.24. The van der Waals surface area contributed by atoms with Gasteiger partial charge < -0.3 is 20.5 Å². The van der Waals surface area contributed by atoms with E-state index in [-0.39, 0.29) is 37.1 Å². The Morgan fingerprint density at radius 1 is 1.06 bits per heavy atom.